The molecule has 6 nitrogen and oxygen atoms in total. The van der Waals surface area contributed by atoms with Gasteiger partial charge in [-0.2, -0.15) is 0 Å². The summed E-state index contributed by atoms with van der Waals surface area (Å²) in [6.45, 7) is 7.26. The van der Waals surface area contributed by atoms with Gasteiger partial charge in [-0.3, -0.25) is 19.8 Å². The van der Waals surface area contributed by atoms with Crippen LogP contribution < -0.4 is 5.56 Å². The molecule has 0 aliphatic carbocycles. The average molecular weight is 432 g/mol. The highest BCUT2D eigenvalue weighted by Crippen LogP contribution is 2.25. The van der Waals surface area contributed by atoms with Crippen molar-refractivity contribution in [1.29, 1.82) is 0 Å². The SMILES string of the molecule is CC(=NCCCN1CCOCC1)c1c(C)[nH]n(-c2c(F)c(F)c(F)c(F)c2F)c1=O. The Labute approximate surface area is 168 Å². The van der Waals surface area contributed by atoms with E-state index < -0.39 is 40.3 Å². The monoisotopic (exact) mass is 432 g/mol. The molecule has 1 fully saturated rings. The highest BCUT2D eigenvalue weighted by molar-refractivity contribution is 5.99. The number of halogens is 5. The van der Waals surface area contributed by atoms with Gasteiger partial charge in [0.05, 0.1) is 18.8 Å². The summed E-state index contributed by atoms with van der Waals surface area (Å²) in [6.07, 6.45) is 0.729. The van der Waals surface area contributed by atoms with Crippen LogP contribution in [0.5, 0.6) is 0 Å². The van der Waals surface area contributed by atoms with Crippen molar-refractivity contribution < 1.29 is 26.7 Å². The van der Waals surface area contributed by atoms with Crippen molar-refractivity contribution in [3.63, 3.8) is 0 Å². The molecule has 0 saturated carbocycles. The molecule has 1 saturated heterocycles. The average Bonchev–Trinajstić information content (AvgIpc) is 3.03. The van der Waals surface area contributed by atoms with E-state index in [-0.39, 0.29) is 11.3 Å². The van der Waals surface area contributed by atoms with Crippen LogP contribution in [-0.4, -0.2) is 59.8 Å². The maximum absolute atomic E-state index is 14.1. The number of hydrogen-bond donors (Lipinski definition) is 1. The summed E-state index contributed by atoms with van der Waals surface area (Å²) in [5, 5.41) is 2.37. The first-order chi connectivity index (χ1) is 14.2. The first-order valence-corrected chi connectivity index (χ1v) is 9.39. The zero-order valence-corrected chi connectivity index (χ0v) is 16.5. The van der Waals surface area contributed by atoms with Gasteiger partial charge in [0.1, 0.15) is 5.69 Å². The van der Waals surface area contributed by atoms with Crippen molar-refractivity contribution in [3.05, 3.63) is 50.7 Å². The molecule has 1 aliphatic rings. The number of morpholine rings is 1. The number of aromatic nitrogens is 2. The summed E-state index contributed by atoms with van der Waals surface area (Å²) in [5.74, 6) is -10.7. The maximum atomic E-state index is 14.1. The van der Waals surface area contributed by atoms with E-state index in [1.54, 1.807) is 6.92 Å². The quantitative estimate of drug-likeness (QED) is 0.251. The van der Waals surface area contributed by atoms with E-state index in [4.69, 9.17) is 4.74 Å². The lowest BCUT2D eigenvalue weighted by Gasteiger charge is -2.26. The maximum Gasteiger partial charge on any atom is 0.280 e. The molecule has 0 bridgehead atoms. The minimum absolute atomic E-state index is 0.0188. The standard InChI is InChI=1S/C19H21F5N4O2/c1-10(25-4-3-5-27-6-8-30-9-7-27)12-11(2)26-28(19(12)29)18-16(23)14(21)13(20)15(22)17(18)24/h26H,3-9H2,1-2H3. The lowest BCUT2D eigenvalue weighted by Crippen LogP contribution is -2.37. The normalized spacial score (nSPS) is 15.8. The molecule has 2 heterocycles. The van der Waals surface area contributed by atoms with Gasteiger partial charge in [0.25, 0.3) is 5.56 Å². The van der Waals surface area contributed by atoms with Crippen LogP contribution >= 0.6 is 0 Å². The van der Waals surface area contributed by atoms with Gasteiger partial charge in [-0.15, -0.1) is 0 Å². The van der Waals surface area contributed by atoms with Crippen LogP contribution in [0.1, 0.15) is 24.6 Å². The molecule has 0 amide bonds. The van der Waals surface area contributed by atoms with Gasteiger partial charge in [-0.1, -0.05) is 0 Å². The Morgan fingerprint density at radius 1 is 1.03 bits per heavy atom. The second kappa shape index (κ2) is 9.09. The van der Waals surface area contributed by atoms with Crippen LogP contribution in [0.2, 0.25) is 0 Å². The summed E-state index contributed by atoms with van der Waals surface area (Å²) in [5.41, 5.74) is -1.79. The second-order valence-corrected chi connectivity index (χ2v) is 6.95. The molecule has 1 aliphatic heterocycles. The van der Waals surface area contributed by atoms with Crippen molar-refractivity contribution in [2.24, 2.45) is 4.99 Å². The Balaban J connectivity index is 1.85. The number of nitrogens with one attached hydrogen (secondary N) is 1. The molecule has 1 aromatic heterocycles. The van der Waals surface area contributed by atoms with Crippen molar-refractivity contribution in [1.82, 2.24) is 14.7 Å². The van der Waals surface area contributed by atoms with Crippen molar-refractivity contribution in [3.8, 4) is 5.69 Å². The van der Waals surface area contributed by atoms with Gasteiger partial charge in [-0.25, -0.2) is 26.6 Å². The fourth-order valence-electron chi connectivity index (χ4n) is 3.36. The molecule has 0 spiro atoms. The number of aromatic amines is 1. The summed E-state index contributed by atoms with van der Waals surface area (Å²) < 4.78 is 74.1. The molecule has 0 radical (unpaired) electrons. The number of ether oxygens (including phenoxy) is 1. The molecule has 164 valence electrons. The summed E-state index contributed by atoms with van der Waals surface area (Å²) in [4.78, 5) is 19.2. The number of hydrogen-bond acceptors (Lipinski definition) is 4. The largest absolute Gasteiger partial charge is 0.379 e. The van der Waals surface area contributed by atoms with Gasteiger partial charge in [-0.05, 0) is 20.3 Å². The Morgan fingerprint density at radius 3 is 2.20 bits per heavy atom. The van der Waals surface area contributed by atoms with Crippen molar-refractivity contribution >= 4 is 5.71 Å². The van der Waals surface area contributed by atoms with Crippen LogP contribution in [0.4, 0.5) is 22.0 Å². The molecule has 2 aromatic rings. The van der Waals surface area contributed by atoms with E-state index in [0.717, 1.165) is 26.1 Å². The molecule has 1 N–H and O–H groups in total. The lowest BCUT2D eigenvalue weighted by molar-refractivity contribution is 0.0377. The number of aryl methyl sites for hydroxylation is 1. The number of aliphatic imine (C=N–C) groups is 1. The predicted octanol–water partition coefficient (Wildman–Crippen LogP) is 2.70. The molecule has 3 rings (SSSR count). The van der Waals surface area contributed by atoms with E-state index in [0.29, 0.717) is 30.2 Å². The number of nitrogens with zero attached hydrogens (tertiary/aromatic N) is 3. The topological polar surface area (TPSA) is 62.6 Å². The highest BCUT2D eigenvalue weighted by Gasteiger charge is 2.29. The fourth-order valence-corrected chi connectivity index (χ4v) is 3.36. The number of benzene rings is 1. The Kier molecular flexibility index (Phi) is 6.71. The molecule has 0 unspecified atom stereocenters. The molecule has 0 atom stereocenters. The smallest absolute Gasteiger partial charge is 0.280 e. The van der Waals surface area contributed by atoms with Crippen molar-refractivity contribution in [2.45, 2.75) is 20.3 Å². The minimum Gasteiger partial charge on any atom is -0.379 e. The number of rotatable bonds is 6. The van der Waals surface area contributed by atoms with Gasteiger partial charge in [0, 0.05) is 37.6 Å². The van der Waals surface area contributed by atoms with Crippen LogP contribution in [0.15, 0.2) is 9.79 Å². The van der Waals surface area contributed by atoms with Gasteiger partial charge < -0.3 is 4.74 Å². The van der Waals surface area contributed by atoms with Crippen LogP contribution in [-0.2, 0) is 4.74 Å². The fraction of sp³-hybridized carbons (Fsp3) is 0.474. The lowest BCUT2D eigenvalue weighted by atomic mass is 10.2. The number of H-pyrrole nitrogens is 1. The third kappa shape index (κ3) is 4.17. The van der Waals surface area contributed by atoms with Crippen LogP contribution in [0.3, 0.4) is 0 Å². The van der Waals surface area contributed by atoms with E-state index in [9.17, 15) is 26.7 Å². The molecule has 11 heteroatoms. The Hall–Kier alpha value is -2.53. The zero-order chi connectivity index (χ0) is 22.0. The third-order valence-corrected chi connectivity index (χ3v) is 4.93. The first-order valence-electron chi connectivity index (χ1n) is 9.39. The summed E-state index contributed by atoms with van der Waals surface area (Å²) in [7, 11) is 0. The van der Waals surface area contributed by atoms with Gasteiger partial charge >= 0.3 is 0 Å². The van der Waals surface area contributed by atoms with E-state index in [1.165, 1.54) is 6.92 Å². The highest BCUT2D eigenvalue weighted by atomic mass is 19.2. The molecule has 30 heavy (non-hydrogen) atoms. The Bertz CT molecular complexity index is 996. The van der Waals surface area contributed by atoms with Crippen LogP contribution in [0.25, 0.3) is 5.69 Å². The van der Waals surface area contributed by atoms with Crippen LogP contribution in [0, 0.1) is 36.0 Å². The van der Waals surface area contributed by atoms with E-state index in [1.807, 2.05) is 0 Å². The first kappa shape index (κ1) is 22.2. The minimum atomic E-state index is -2.29. The van der Waals surface area contributed by atoms with Gasteiger partial charge in [0.15, 0.2) is 23.3 Å². The molecule has 1 aromatic carbocycles. The third-order valence-electron chi connectivity index (χ3n) is 4.93. The molecular formula is C19H21F5N4O2. The van der Waals surface area contributed by atoms with Gasteiger partial charge in [0.2, 0.25) is 5.82 Å². The molecular weight excluding hydrogens is 411 g/mol. The van der Waals surface area contributed by atoms with Crippen molar-refractivity contribution in [2.75, 3.05) is 39.4 Å². The predicted molar refractivity (Wildman–Crippen MR) is 99.9 cm³/mol. The zero-order valence-electron chi connectivity index (χ0n) is 16.5. The second-order valence-electron chi connectivity index (χ2n) is 6.95. The van der Waals surface area contributed by atoms with E-state index >= 15 is 0 Å². The Morgan fingerprint density at radius 2 is 1.60 bits per heavy atom. The summed E-state index contributed by atoms with van der Waals surface area (Å²) >= 11 is 0. The van der Waals surface area contributed by atoms with E-state index in [2.05, 4.69) is 15.0 Å². The summed E-state index contributed by atoms with van der Waals surface area (Å²) in [6, 6.07) is 0.